The lowest BCUT2D eigenvalue weighted by atomic mass is 9.30. The highest BCUT2D eigenvalue weighted by atomic mass is 16.4. The van der Waals surface area contributed by atoms with Crippen LogP contribution in [0, 0.1) is 121 Å². The van der Waals surface area contributed by atoms with Gasteiger partial charge in [-0.3, -0.25) is 4.79 Å². The van der Waals surface area contributed by atoms with Crippen molar-refractivity contribution >= 4 is 5.97 Å². The predicted octanol–water partition coefficient (Wildman–Crippen LogP) is 12.0. The first kappa shape index (κ1) is 43.6. The van der Waals surface area contributed by atoms with Gasteiger partial charge in [-0.05, 0) is 230 Å². The molecule has 0 saturated heterocycles. The summed E-state index contributed by atoms with van der Waals surface area (Å²) in [5, 5.41) is 46.1. The van der Waals surface area contributed by atoms with Gasteiger partial charge in [0.2, 0.25) is 0 Å². The topological polar surface area (TPSA) is 98.0 Å². The number of rotatable bonds is 5. The Balaban J connectivity index is 1.01. The highest BCUT2D eigenvalue weighted by Crippen LogP contribution is 2.79. The SMILES string of the molecule is C[C@@H]1[C@H]2[C@H]3CC[C@@H]4[C@@]5(C)CC[C@H]([C@@H]6C[C@@H](O)C[C@H]7C[C@@H](O)[C@@H]8[C@H](C[C@H](O)[C@]9(C)[C@@H]([C@H](C)CCC(=O)O)CC[C@@H]89)[C@]76C)C(C)(C)[C@H]5CC[C@@]4(C)[C@]3(C)CC[C@@]2(C)CC[C@H]1C. The fourth-order valence-corrected chi connectivity index (χ4v) is 21.9. The smallest absolute Gasteiger partial charge is 0.303 e. The lowest BCUT2D eigenvalue weighted by Gasteiger charge is -2.75. The van der Waals surface area contributed by atoms with Gasteiger partial charge in [-0.25, -0.2) is 0 Å². The zero-order valence-corrected chi connectivity index (χ0v) is 39.7. The normalized spacial score (nSPS) is 59.4. The van der Waals surface area contributed by atoms with E-state index in [4.69, 9.17) is 0 Å². The van der Waals surface area contributed by atoms with E-state index in [0.29, 0.717) is 45.8 Å². The van der Waals surface area contributed by atoms with E-state index in [-0.39, 0.29) is 64.3 Å². The number of aliphatic hydroxyl groups is 3. The number of hydrogen-bond donors (Lipinski definition) is 4. The van der Waals surface area contributed by atoms with Crippen molar-refractivity contribution in [3.8, 4) is 0 Å². The van der Waals surface area contributed by atoms with Crippen LogP contribution in [-0.2, 0) is 4.79 Å². The molecule has 0 spiro atoms. The van der Waals surface area contributed by atoms with E-state index in [1.807, 2.05) is 0 Å². The second kappa shape index (κ2) is 14.2. The van der Waals surface area contributed by atoms with Gasteiger partial charge in [0.25, 0.3) is 0 Å². The molecule has 336 valence electrons. The molecule has 9 rings (SSSR count). The van der Waals surface area contributed by atoms with Gasteiger partial charge in [-0.1, -0.05) is 76.2 Å². The third kappa shape index (κ3) is 5.78. The summed E-state index contributed by atoms with van der Waals surface area (Å²) >= 11 is 0. The monoisotopic (exact) mass is 819 g/mol. The quantitative estimate of drug-likeness (QED) is 0.221. The van der Waals surface area contributed by atoms with Crippen molar-refractivity contribution in [1.29, 1.82) is 0 Å². The van der Waals surface area contributed by atoms with E-state index < -0.39 is 18.2 Å². The van der Waals surface area contributed by atoms with E-state index in [1.165, 1.54) is 64.2 Å². The van der Waals surface area contributed by atoms with Gasteiger partial charge in [-0.15, -0.1) is 0 Å². The number of carboxylic acids is 1. The average Bonchev–Trinajstić information content (AvgIpc) is 3.52. The van der Waals surface area contributed by atoms with E-state index in [2.05, 4.69) is 76.2 Å². The van der Waals surface area contributed by atoms with Crippen LogP contribution >= 0.6 is 0 Å². The fourth-order valence-electron chi connectivity index (χ4n) is 21.9. The summed E-state index contributed by atoms with van der Waals surface area (Å²) in [4.78, 5) is 11.6. The highest BCUT2D eigenvalue weighted by molar-refractivity contribution is 5.66. The van der Waals surface area contributed by atoms with Crippen molar-refractivity contribution in [3.63, 3.8) is 0 Å². The molecule has 5 nitrogen and oxygen atoms in total. The van der Waals surface area contributed by atoms with Gasteiger partial charge in [0.1, 0.15) is 0 Å². The summed E-state index contributed by atoms with van der Waals surface area (Å²) in [5.41, 5.74) is 1.46. The maximum atomic E-state index is 12.5. The first-order valence-electron chi connectivity index (χ1n) is 25.8. The molecule has 0 aliphatic heterocycles. The van der Waals surface area contributed by atoms with E-state index in [1.54, 1.807) is 0 Å². The third-order valence-corrected chi connectivity index (χ3v) is 25.2. The molecular formula is C54H90O5. The maximum Gasteiger partial charge on any atom is 0.303 e. The van der Waals surface area contributed by atoms with Crippen LogP contribution in [0.1, 0.15) is 192 Å². The van der Waals surface area contributed by atoms with Crippen molar-refractivity contribution in [2.24, 2.45) is 121 Å². The number of aliphatic hydroxyl groups excluding tert-OH is 3. The van der Waals surface area contributed by atoms with Crippen LogP contribution in [0.5, 0.6) is 0 Å². The van der Waals surface area contributed by atoms with Crippen LogP contribution in [0.15, 0.2) is 0 Å². The molecule has 9 aliphatic rings. The Morgan fingerprint density at radius 2 is 1.36 bits per heavy atom. The van der Waals surface area contributed by atoms with E-state index in [9.17, 15) is 25.2 Å². The highest BCUT2D eigenvalue weighted by Gasteiger charge is 2.73. The molecule has 0 radical (unpaired) electrons. The molecule has 0 bridgehead atoms. The summed E-state index contributed by atoms with van der Waals surface area (Å²) in [6.07, 6.45) is 18.7. The summed E-state index contributed by atoms with van der Waals surface area (Å²) in [6.45, 7) is 28.8. The molecule has 0 unspecified atom stereocenters. The summed E-state index contributed by atoms with van der Waals surface area (Å²) in [7, 11) is 0. The zero-order valence-electron chi connectivity index (χ0n) is 39.7. The second-order valence-electron chi connectivity index (χ2n) is 26.8. The lowest BCUT2D eigenvalue weighted by molar-refractivity contribution is -0.267. The molecule has 5 heteroatoms. The molecule has 9 saturated carbocycles. The van der Waals surface area contributed by atoms with Gasteiger partial charge in [0.05, 0.1) is 18.3 Å². The summed E-state index contributed by atoms with van der Waals surface area (Å²) in [6, 6.07) is 0. The van der Waals surface area contributed by atoms with Crippen molar-refractivity contribution in [1.82, 2.24) is 0 Å². The lowest BCUT2D eigenvalue weighted by Crippen LogP contribution is -2.68. The minimum atomic E-state index is -0.733. The average molecular weight is 819 g/mol. The van der Waals surface area contributed by atoms with Gasteiger partial charge in [-0.2, -0.15) is 0 Å². The minimum absolute atomic E-state index is 0.0363. The Hall–Kier alpha value is -0.650. The predicted molar refractivity (Wildman–Crippen MR) is 237 cm³/mol. The van der Waals surface area contributed by atoms with Crippen molar-refractivity contribution < 1.29 is 25.2 Å². The van der Waals surface area contributed by atoms with E-state index in [0.717, 1.165) is 68.1 Å². The molecule has 0 heterocycles. The third-order valence-electron chi connectivity index (χ3n) is 25.2. The molecule has 59 heavy (non-hydrogen) atoms. The first-order chi connectivity index (χ1) is 27.5. The summed E-state index contributed by atoms with van der Waals surface area (Å²) in [5.74, 6) is 6.46. The number of aliphatic carboxylic acids is 1. The van der Waals surface area contributed by atoms with Crippen LogP contribution in [0.25, 0.3) is 0 Å². The largest absolute Gasteiger partial charge is 0.481 e. The Bertz CT molecular complexity index is 1620. The number of fused-ring (bicyclic) bond motifs is 12. The Labute approximate surface area is 360 Å². The van der Waals surface area contributed by atoms with Gasteiger partial charge < -0.3 is 20.4 Å². The van der Waals surface area contributed by atoms with E-state index >= 15 is 0 Å². The fraction of sp³-hybridized carbons (Fsp3) is 0.981. The Morgan fingerprint density at radius 1 is 0.644 bits per heavy atom. The Kier molecular flexibility index (Phi) is 10.5. The molecule has 4 N–H and O–H groups in total. The first-order valence-corrected chi connectivity index (χ1v) is 25.8. The van der Waals surface area contributed by atoms with Crippen LogP contribution in [0.4, 0.5) is 0 Å². The van der Waals surface area contributed by atoms with Crippen molar-refractivity contribution in [2.45, 2.75) is 210 Å². The van der Waals surface area contributed by atoms with Gasteiger partial charge in [0, 0.05) is 6.42 Å². The zero-order chi connectivity index (χ0) is 42.6. The van der Waals surface area contributed by atoms with Crippen LogP contribution in [0.3, 0.4) is 0 Å². The van der Waals surface area contributed by atoms with Crippen molar-refractivity contribution in [3.05, 3.63) is 0 Å². The van der Waals surface area contributed by atoms with Crippen LogP contribution in [-0.4, -0.2) is 44.7 Å². The number of hydrogen-bond acceptors (Lipinski definition) is 4. The maximum absolute atomic E-state index is 12.5. The second-order valence-corrected chi connectivity index (χ2v) is 26.8. The molecular weight excluding hydrogens is 729 g/mol. The molecule has 9 fully saturated rings. The summed E-state index contributed by atoms with van der Waals surface area (Å²) < 4.78 is 0. The minimum Gasteiger partial charge on any atom is -0.481 e. The Morgan fingerprint density at radius 3 is 2.07 bits per heavy atom. The van der Waals surface area contributed by atoms with Crippen molar-refractivity contribution in [2.75, 3.05) is 0 Å². The molecule has 0 amide bonds. The molecule has 23 atom stereocenters. The molecule has 0 aromatic heterocycles. The van der Waals surface area contributed by atoms with Gasteiger partial charge >= 0.3 is 5.97 Å². The van der Waals surface area contributed by atoms with Crippen LogP contribution < -0.4 is 0 Å². The van der Waals surface area contributed by atoms with Crippen LogP contribution in [0.2, 0.25) is 0 Å². The molecule has 9 aliphatic carbocycles. The van der Waals surface area contributed by atoms with Gasteiger partial charge in [0.15, 0.2) is 0 Å². The molecule has 0 aromatic rings. The number of carbonyl (C=O) groups is 1. The molecule has 0 aromatic carbocycles. The number of carboxylic acid groups (broad SMARTS) is 1. The standard InChI is InChI=1S/C54H90O5/c1-30-18-21-49(6)24-25-51(8)38(47(49)32(30)3)15-16-43-50(7)22-19-36(48(4,5)42(50)20-23-52(43,51)9)39-28-34(55)26-33-27-41(56)46-37-14-13-35(31(2)12-17-45(58)59)54(37,11)44(57)29-40(46)53(33,39)10/h30-44,46-47,55-57H,12-29H2,1-11H3,(H,58,59)/t30-,31-,32+,33+,34+,35-,36-,37+,38-,39+,40+,41-,42-,43-,44+,46+,47+,49-,50+,51-,52-,53-,54-/m1/s1.